The minimum atomic E-state index is 0.548. The summed E-state index contributed by atoms with van der Waals surface area (Å²) in [6.07, 6.45) is 4.73. The monoisotopic (exact) mass is 119 g/mol. The average Bonchev–Trinajstić information content (AvgIpc) is 2.33. The van der Waals surface area contributed by atoms with Gasteiger partial charge in [-0.15, -0.1) is 0 Å². The summed E-state index contributed by atoms with van der Waals surface area (Å²) in [7, 11) is 0. The van der Waals surface area contributed by atoms with Crippen molar-refractivity contribution >= 4 is 0 Å². The van der Waals surface area contributed by atoms with Gasteiger partial charge in [-0.05, 0) is 6.07 Å². The number of nitrogens with zero attached hydrogens (tertiary/aromatic N) is 1. The minimum Gasteiger partial charge on any atom is -0.476 e. The van der Waals surface area contributed by atoms with Crippen molar-refractivity contribution in [3.05, 3.63) is 30.3 Å². The molecule has 1 aliphatic heterocycles. The van der Waals surface area contributed by atoms with Crippen LogP contribution in [0.5, 0.6) is 5.88 Å². The van der Waals surface area contributed by atoms with Crippen LogP contribution in [0, 0.1) is 6.42 Å². The van der Waals surface area contributed by atoms with Gasteiger partial charge in [-0.2, -0.15) is 0 Å². The Balaban J connectivity index is 2.54. The Morgan fingerprint density at radius 2 is 2.67 bits per heavy atom. The third-order valence-corrected chi connectivity index (χ3v) is 1.24. The molecular formula is C7H5NO. The van der Waals surface area contributed by atoms with Crippen LogP contribution in [0.2, 0.25) is 0 Å². The standard InChI is InChI=1S/C7H5NO/c1-2-6-3-5-9-7(6)8-4-1/h1-2,4H,5H2. The fourth-order valence-electron chi connectivity index (χ4n) is 0.823. The maximum absolute atomic E-state index is 5.08. The molecule has 0 fully saturated rings. The first kappa shape index (κ1) is 4.79. The van der Waals surface area contributed by atoms with E-state index in [1.54, 1.807) is 6.20 Å². The number of ether oxygens (including phenoxy) is 1. The normalized spacial score (nSPS) is 14.7. The van der Waals surface area contributed by atoms with Crippen molar-refractivity contribution in [2.24, 2.45) is 0 Å². The largest absolute Gasteiger partial charge is 0.476 e. The van der Waals surface area contributed by atoms with E-state index in [0.717, 1.165) is 5.56 Å². The molecule has 0 saturated heterocycles. The number of hydrogen-bond donors (Lipinski definition) is 0. The van der Waals surface area contributed by atoms with Gasteiger partial charge in [-0.1, -0.05) is 6.07 Å². The van der Waals surface area contributed by atoms with Crippen molar-refractivity contribution in [3.63, 3.8) is 0 Å². The van der Waals surface area contributed by atoms with Crippen LogP contribution in [0.15, 0.2) is 18.3 Å². The van der Waals surface area contributed by atoms with Crippen molar-refractivity contribution in [1.29, 1.82) is 0 Å². The van der Waals surface area contributed by atoms with Gasteiger partial charge >= 0.3 is 0 Å². The van der Waals surface area contributed by atoms with Crippen LogP contribution in [0.3, 0.4) is 0 Å². The molecule has 0 N–H and O–H groups in total. The Morgan fingerprint density at radius 3 is 3.56 bits per heavy atom. The van der Waals surface area contributed by atoms with Gasteiger partial charge < -0.3 is 4.74 Å². The molecule has 2 rings (SSSR count). The van der Waals surface area contributed by atoms with E-state index in [0.29, 0.717) is 12.5 Å². The molecule has 0 aliphatic carbocycles. The maximum atomic E-state index is 5.08. The fourth-order valence-corrected chi connectivity index (χ4v) is 0.823. The summed E-state index contributed by atoms with van der Waals surface area (Å²) >= 11 is 0. The van der Waals surface area contributed by atoms with Gasteiger partial charge in [0.25, 0.3) is 0 Å². The Labute approximate surface area is 53.5 Å². The maximum Gasteiger partial charge on any atom is 0.217 e. The highest BCUT2D eigenvalue weighted by Gasteiger charge is 2.11. The molecule has 0 unspecified atom stereocenters. The molecule has 0 bridgehead atoms. The van der Waals surface area contributed by atoms with Crippen molar-refractivity contribution in [1.82, 2.24) is 4.98 Å². The van der Waals surface area contributed by atoms with Crippen LogP contribution >= 0.6 is 0 Å². The van der Waals surface area contributed by atoms with E-state index < -0.39 is 0 Å². The number of hydrogen-bond acceptors (Lipinski definition) is 2. The van der Waals surface area contributed by atoms with E-state index in [9.17, 15) is 0 Å². The van der Waals surface area contributed by atoms with Crippen LogP contribution in [0.1, 0.15) is 5.56 Å². The lowest BCUT2D eigenvalue weighted by Crippen LogP contribution is -1.86. The second kappa shape index (κ2) is 1.72. The van der Waals surface area contributed by atoms with E-state index in [-0.39, 0.29) is 0 Å². The summed E-state index contributed by atoms with van der Waals surface area (Å²) in [5.41, 5.74) is 0.984. The molecule has 0 aromatic carbocycles. The summed E-state index contributed by atoms with van der Waals surface area (Å²) in [5, 5.41) is 0. The van der Waals surface area contributed by atoms with Gasteiger partial charge in [0.2, 0.25) is 5.88 Å². The van der Waals surface area contributed by atoms with E-state index >= 15 is 0 Å². The first-order valence-corrected chi connectivity index (χ1v) is 2.78. The zero-order valence-electron chi connectivity index (χ0n) is 4.79. The minimum absolute atomic E-state index is 0.548. The highest BCUT2D eigenvalue weighted by molar-refractivity contribution is 5.35. The molecule has 1 aromatic heterocycles. The van der Waals surface area contributed by atoms with Crippen LogP contribution in [-0.2, 0) is 0 Å². The van der Waals surface area contributed by atoms with E-state index in [1.807, 2.05) is 12.1 Å². The zero-order valence-corrected chi connectivity index (χ0v) is 4.79. The third kappa shape index (κ3) is 0.669. The number of rotatable bonds is 0. The van der Waals surface area contributed by atoms with Crippen molar-refractivity contribution in [2.75, 3.05) is 6.61 Å². The quantitative estimate of drug-likeness (QED) is 0.506. The highest BCUT2D eigenvalue weighted by Crippen LogP contribution is 2.21. The molecule has 2 heterocycles. The number of aromatic nitrogens is 1. The molecule has 1 aliphatic rings. The molecule has 2 radical (unpaired) electrons. The van der Waals surface area contributed by atoms with Crippen LogP contribution < -0.4 is 4.74 Å². The molecule has 0 saturated carbocycles. The lowest BCUT2D eigenvalue weighted by molar-refractivity contribution is 0.363. The molecular weight excluding hydrogens is 114 g/mol. The van der Waals surface area contributed by atoms with Crippen molar-refractivity contribution in [3.8, 4) is 5.88 Å². The van der Waals surface area contributed by atoms with Gasteiger partial charge in [0, 0.05) is 11.8 Å². The summed E-state index contributed by atoms with van der Waals surface area (Å²) < 4.78 is 5.08. The Kier molecular flexibility index (Phi) is 0.918. The predicted molar refractivity (Wildman–Crippen MR) is 32.1 cm³/mol. The summed E-state index contributed by atoms with van der Waals surface area (Å²) in [6, 6.07) is 3.82. The van der Waals surface area contributed by atoms with Gasteiger partial charge in [-0.25, -0.2) is 4.98 Å². The third-order valence-electron chi connectivity index (χ3n) is 1.24. The molecule has 0 amide bonds. The Bertz CT molecular complexity index is 199. The number of fused-ring (bicyclic) bond motifs is 1. The Hall–Kier alpha value is -1.05. The molecule has 9 heavy (non-hydrogen) atoms. The molecule has 1 aromatic rings. The van der Waals surface area contributed by atoms with Gasteiger partial charge in [0.1, 0.15) is 6.61 Å². The van der Waals surface area contributed by atoms with Crippen LogP contribution in [0.4, 0.5) is 0 Å². The van der Waals surface area contributed by atoms with Crippen molar-refractivity contribution < 1.29 is 4.74 Å². The number of pyridine rings is 1. The Morgan fingerprint density at radius 1 is 1.67 bits per heavy atom. The SMILES string of the molecule is [C]1COc2ncccc21. The lowest BCUT2D eigenvalue weighted by Gasteiger charge is -1.92. The van der Waals surface area contributed by atoms with Crippen LogP contribution in [-0.4, -0.2) is 11.6 Å². The first-order valence-electron chi connectivity index (χ1n) is 2.78. The van der Waals surface area contributed by atoms with E-state index in [2.05, 4.69) is 11.4 Å². The molecule has 0 spiro atoms. The second-order valence-corrected chi connectivity index (χ2v) is 1.82. The molecule has 2 nitrogen and oxygen atoms in total. The molecule has 2 heteroatoms. The fraction of sp³-hybridized carbons (Fsp3) is 0.143. The lowest BCUT2D eigenvalue weighted by atomic mass is 10.2. The van der Waals surface area contributed by atoms with Gasteiger partial charge in [-0.3, -0.25) is 0 Å². The van der Waals surface area contributed by atoms with Crippen LogP contribution in [0.25, 0.3) is 0 Å². The summed E-state index contributed by atoms with van der Waals surface area (Å²) in [5.74, 6) is 0.706. The highest BCUT2D eigenvalue weighted by atomic mass is 16.5. The second-order valence-electron chi connectivity index (χ2n) is 1.82. The zero-order chi connectivity index (χ0) is 6.10. The van der Waals surface area contributed by atoms with Crippen molar-refractivity contribution in [2.45, 2.75) is 0 Å². The topological polar surface area (TPSA) is 22.1 Å². The molecule has 0 atom stereocenters. The first-order chi connectivity index (χ1) is 4.47. The summed E-state index contributed by atoms with van der Waals surface area (Å²) in [6.45, 7) is 0.548. The predicted octanol–water partition coefficient (Wildman–Crippen LogP) is 0.903. The van der Waals surface area contributed by atoms with E-state index in [1.165, 1.54) is 0 Å². The molecule has 44 valence electrons. The average molecular weight is 119 g/mol. The van der Waals surface area contributed by atoms with Gasteiger partial charge in [0.05, 0.1) is 6.42 Å². The smallest absolute Gasteiger partial charge is 0.217 e. The summed E-state index contributed by atoms with van der Waals surface area (Å²) in [4.78, 5) is 3.97. The van der Waals surface area contributed by atoms with E-state index in [4.69, 9.17) is 4.74 Å². The van der Waals surface area contributed by atoms with Gasteiger partial charge in [0.15, 0.2) is 0 Å².